The van der Waals surface area contributed by atoms with Gasteiger partial charge in [-0.2, -0.15) is 0 Å². The second-order valence-electron chi connectivity index (χ2n) is 6.09. The van der Waals surface area contributed by atoms with Crippen molar-refractivity contribution in [2.75, 3.05) is 23.4 Å². The molecule has 1 aliphatic rings. The first-order chi connectivity index (χ1) is 13.2. The van der Waals surface area contributed by atoms with Gasteiger partial charge in [-0.05, 0) is 47.9 Å². The Labute approximate surface area is 157 Å². The number of anilines is 2. The van der Waals surface area contributed by atoms with Gasteiger partial charge in [0.2, 0.25) is 5.91 Å². The van der Waals surface area contributed by atoms with Gasteiger partial charge in [-0.25, -0.2) is 0 Å². The lowest BCUT2D eigenvalue weighted by Gasteiger charge is -2.16. The number of nitrogens with zero attached hydrogens (tertiary/aromatic N) is 2. The Morgan fingerprint density at radius 3 is 2.96 bits per heavy atom. The summed E-state index contributed by atoms with van der Waals surface area (Å²) >= 11 is 0. The molecule has 2 heterocycles. The minimum absolute atomic E-state index is 0.244. The van der Waals surface area contributed by atoms with E-state index in [1.807, 2.05) is 18.2 Å². The first kappa shape index (κ1) is 18.3. The highest BCUT2D eigenvalue weighted by atomic mass is 16.1. The molecule has 27 heavy (non-hydrogen) atoms. The maximum Gasteiger partial charge on any atom is 0.248 e. The number of allylic oxidation sites excluding steroid dienone is 1. The molecular weight excluding hydrogens is 340 g/mol. The fraction of sp³-hybridized carbons (Fsp3) is 0.150. The third-order valence-electron chi connectivity index (χ3n) is 4.47. The van der Waals surface area contributed by atoms with Crippen molar-refractivity contribution in [3.05, 3.63) is 65.6 Å². The summed E-state index contributed by atoms with van der Waals surface area (Å²) in [6, 6.07) is 7.59. The van der Waals surface area contributed by atoms with Gasteiger partial charge in [-0.3, -0.25) is 9.78 Å². The third-order valence-corrected chi connectivity index (χ3v) is 4.47. The molecule has 0 spiro atoms. The zero-order valence-electron chi connectivity index (χ0n) is 14.9. The first-order valence-electron chi connectivity index (χ1n) is 8.60. The zero-order valence-corrected chi connectivity index (χ0v) is 14.9. The van der Waals surface area contributed by atoms with Crippen LogP contribution >= 0.6 is 0 Å². The molecule has 7 nitrogen and oxygen atoms in total. The maximum absolute atomic E-state index is 12.3. The molecule has 0 radical (unpaired) electrons. The van der Waals surface area contributed by atoms with Crippen LogP contribution in [-0.2, 0) is 11.2 Å². The second kappa shape index (κ2) is 8.29. The summed E-state index contributed by atoms with van der Waals surface area (Å²) in [5.41, 5.74) is 16.3. The van der Waals surface area contributed by atoms with Crippen LogP contribution in [0.5, 0.6) is 0 Å². The topological polar surface area (TPSA) is 121 Å². The largest absolute Gasteiger partial charge is 0.404 e. The fourth-order valence-electron chi connectivity index (χ4n) is 3.10. The Balaban J connectivity index is 1.73. The molecule has 0 aliphatic carbocycles. The molecule has 1 aliphatic heterocycles. The van der Waals surface area contributed by atoms with Gasteiger partial charge < -0.3 is 27.1 Å². The number of benzene rings is 1. The van der Waals surface area contributed by atoms with E-state index in [0.717, 1.165) is 29.9 Å². The van der Waals surface area contributed by atoms with Crippen molar-refractivity contribution < 1.29 is 4.79 Å². The molecule has 0 fully saturated rings. The van der Waals surface area contributed by atoms with Crippen LogP contribution in [0.4, 0.5) is 11.4 Å². The summed E-state index contributed by atoms with van der Waals surface area (Å²) in [5.74, 6) is -0.244. The van der Waals surface area contributed by atoms with Crippen LogP contribution in [-0.4, -0.2) is 30.3 Å². The molecular formula is C20H22N6O. The number of carbonyl (C=O) groups excluding carboxylic acids is 1. The van der Waals surface area contributed by atoms with E-state index in [-0.39, 0.29) is 5.91 Å². The smallest absolute Gasteiger partial charge is 0.248 e. The predicted molar refractivity (Wildman–Crippen MR) is 109 cm³/mol. The number of hydrogen-bond acceptors (Lipinski definition) is 6. The third kappa shape index (κ3) is 4.04. The van der Waals surface area contributed by atoms with Crippen molar-refractivity contribution in [1.82, 2.24) is 4.98 Å². The van der Waals surface area contributed by atoms with Gasteiger partial charge in [0, 0.05) is 59.9 Å². The number of rotatable bonds is 6. The van der Waals surface area contributed by atoms with Gasteiger partial charge in [0.25, 0.3) is 0 Å². The lowest BCUT2D eigenvalue weighted by Crippen LogP contribution is -2.27. The quantitative estimate of drug-likeness (QED) is 0.462. The first-order valence-corrected chi connectivity index (χ1v) is 8.60. The van der Waals surface area contributed by atoms with Gasteiger partial charge in [0.05, 0.1) is 6.67 Å². The van der Waals surface area contributed by atoms with Crippen LogP contribution in [0, 0.1) is 5.41 Å². The Morgan fingerprint density at radius 1 is 1.37 bits per heavy atom. The number of hydrogen-bond donors (Lipinski definition) is 4. The monoisotopic (exact) mass is 362 g/mol. The number of nitrogens with one attached hydrogen (secondary N) is 2. The van der Waals surface area contributed by atoms with Crippen LogP contribution in [0.25, 0.3) is 11.6 Å². The molecule has 1 aromatic heterocycles. The van der Waals surface area contributed by atoms with E-state index in [1.165, 1.54) is 24.1 Å². The highest BCUT2D eigenvalue weighted by Gasteiger charge is 2.18. The normalized spacial score (nSPS) is 13.7. The van der Waals surface area contributed by atoms with E-state index in [2.05, 4.69) is 15.2 Å². The lowest BCUT2D eigenvalue weighted by atomic mass is 10.0. The van der Waals surface area contributed by atoms with Crippen LogP contribution in [0.2, 0.25) is 0 Å². The molecule has 1 aromatic carbocycles. The minimum Gasteiger partial charge on any atom is -0.404 e. The van der Waals surface area contributed by atoms with Crippen molar-refractivity contribution in [2.24, 2.45) is 11.5 Å². The molecule has 6 N–H and O–H groups in total. The molecule has 0 saturated heterocycles. The number of aromatic nitrogens is 1. The lowest BCUT2D eigenvalue weighted by molar-refractivity contribution is -0.111. The molecule has 2 aromatic rings. The molecule has 0 saturated carbocycles. The molecule has 0 bridgehead atoms. The summed E-state index contributed by atoms with van der Waals surface area (Å²) < 4.78 is 0. The minimum atomic E-state index is -0.244. The van der Waals surface area contributed by atoms with Gasteiger partial charge in [-0.1, -0.05) is 0 Å². The van der Waals surface area contributed by atoms with E-state index in [1.54, 1.807) is 24.5 Å². The molecule has 7 heteroatoms. The summed E-state index contributed by atoms with van der Waals surface area (Å²) in [6.45, 7) is 1.39. The Morgan fingerprint density at radius 2 is 2.22 bits per heavy atom. The van der Waals surface area contributed by atoms with Crippen molar-refractivity contribution >= 4 is 35.1 Å². The van der Waals surface area contributed by atoms with Crippen LogP contribution < -0.4 is 21.7 Å². The summed E-state index contributed by atoms with van der Waals surface area (Å²) in [7, 11) is 0. The maximum atomic E-state index is 12.3. The summed E-state index contributed by atoms with van der Waals surface area (Å²) in [4.78, 5) is 18.5. The molecule has 3 rings (SSSR count). The average Bonchev–Trinajstić information content (AvgIpc) is 3.10. The highest BCUT2D eigenvalue weighted by molar-refractivity contribution is 6.10. The number of nitrogens with two attached hydrogens (primary N) is 2. The summed E-state index contributed by atoms with van der Waals surface area (Å²) in [6.07, 6.45) is 9.80. The van der Waals surface area contributed by atoms with Crippen molar-refractivity contribution in [2.45, 2.75) is 6.42 Å². The molecule has 0 unspecified atom stereocenters. The Bertz CT molecular complexity index is 918. The van der Waals surface area contributed by atoms with E-state index in [4.69, 9.17) is 16.9 Å². The van der Waals surface area contributed by atoms with Crippen LogP contribution in [0.15, 0.2) is 48.9 Å². The predicted octanol–water partition coefficient (Wildman–Crippen LogP) is 1.96. The highest BCUT2D eigenvalue weighted by Crippen LogP contribution is 2.29. The number of amides is 1. The molecule has 1 amide bonds. The van der Waals surface area contributed by atoms with E-state index >= 15 is 0 Å². The van der Waals surface area contributed by atoms with E-state index in [9.17, 15) is 4.79 Å². The molecule has 138 valence electrons. The fourth-order valence-corrected chi connectivity index (χ4v) is 3.10. The summed E-state index contributed by atoms with van der Waals surface area (Å²) in [5, 5.41) is 10.3. The van der Waals surface area contributed by atoms with Gasteiger partial charge in [-0.15, -0.1) is 0 Å². The Kier molecular flexibility index (Phi) is 5.63. The van der Waals surface area contributed by atoms with Crippen molar-refractivity contribution in [3.63, 3.8) is 0 Å². The van der Waals surface area contributed by atoms with Gasteiger partial charge >= 0.3 is 0 Å². The Hall–Kier alpha value is -3.45. The van der Waals surface area contributed by atoms with Crippen molar-refractivity contribution in [3.8, 4) is 0 Å². The number of pyridine rings is 1. The van der Waals surface area contributed by atoms with E-state index in [0.29, 0.717) is 17.8 Å². The van der Waals surface area contributed by atoms with E-state index < -0.39 is 0 Å². The van der Waals surface area contributed by atoms with Crippen molar-refractivity contribution in [1.29, 1.82) is 5.41 Å². The average molecular weight is 362 g/mol. The van der Waals surface area contributed by atoms with Gasteiger partial charge in [0.15, 0.2) is 0 Å². The van der Waals surface area contributed by atoms with Gasteiger partial charge in [0.1, 0.15) is 0 Å². The number of fused-ring (bicyclic) bond motifs is 1. The standard InChI is InChI=1S/C20H22N6O/c21-10-16(11-22)18-5-7-24-12-15(18)1-4-20(27)25-17-2-3-19-14(9-17)6-8-26(19)13-23/h1-5,7,9-12,21H,6,8,13,22-23H2,(H,25,27)/b4-1+,16-11+,21-10?. The number of carbonyl (C=O) groups is 1. The van der Waals surface area contributed by atoms with Crippen LogP contribution in [0.1, 0.15) is 16.7 Å². The SMILES string of the molecule is N=C/C(=C\N)c1ccncc1/C=C/C(=O)Nc1ccc2c(c1)CCN2CN. The van der Waals surface area contributed by atoms with Crippen LogP contribution in [0.3, 0.4) is 0 Å². The molecule has 0 atom stereocenters. The zero-order chi connectivity index (χ0) is 19.2. The second-order valence-corrected chi connectivity index (χ2v) is 6.09.